The van der Waals surface area contributed by atoms with Gasteiger partial charge in [-0.25, -0.2) is 8.42 Å². The standard InChI is InChI=1S/C26H26N2O4S/c1-19-12-13-22(18-20(19)2)33(31,32)28-16-14-27(15-17-28)26(30)24-11-7-6-10-23(24)25(29)21-8-4-3-5-9-21/h3-13,18H,14-17H2,1-2H3. The van der Waals surface area contributed by atoms with E-state index in [1.54, 1.807) is 65.6 Å². The van der Waals surface area contributed by atoms with Crippen LogP contribution in [0.25, 0.3) is 0 Å². The smallest absolute Gasteiger partial charge is 0.254 e. The summed E-state index contributed by atoms with van der Waals surface area (Å²) < 4.78 is 27.6. The number of amides is 1. The van der Waals surface area contributed by atoms with Crippen molar-refractivity contribution in [3.63, 3.8) is 0 Å². The van der Waals surface area contributed by atoms with Gasteiger partial charge in [-0.1, -0.05) is 54.6 Å². The summed E-state index contributed by atoms with van der Waals surface area (Å²) in [6, 6.07) is 20.7. The van der Waals surface area contributed by atoms with Crippen molar-refractivity contribution in [2.75, 3.05) is 26.2 Å². The molecule has 0 aliphatic carbocycles. The van der Waals surface area contributed by atoms with Crippen molar-refractivity contribution in [1.29, 1.82) is 0 Å². The zero-order valence-electron chi connectivity index (χ0n) is 18.7. The van der Waals surface area contributed by atoms with E-state index in [0.717, 1.165) is 11.1 Å². The molecule has 0 saturated carbocycles. The number of nitrogens with zero attached hydrogens (tertiary/aromatic N) is 2. The van der Waals surface area contributed by atoms with Crippen LogP contribution in [0.2, 0.25) is 0 Å². The Kier molecular flexibility index (Phi) is 6.44. The molecule has 0 unspecified atom stereocenters. The summed E-state index contributed by atoms with van der Waals surface area (Å²) in [5.41, 5.74) is 3.15. The number of carbonyl (C=O) groups is 2. The highest BCUT2D eigenvalue weighted by molar-refractivity contribution is 7.89. The minimum absolute atomic E-state index is 0.204. The molecule has 1 fully saturated rings. The third-order valence-corrected chi connectivity index (χ3v) is 7.97. The zero-order valence-corrected chi connectivity index (χ0v) is 19.5. The average Bonchev–Trinajstić information content (AvgIpc) is 2.85. The van der Waals surface area contributed by atoms with E-state index < -0.39 is 10.0 Å². The van der Waals surface area contributed by atoms with E-state index in [1.165, 1.54) is 4.31 Å². The Morgan fingerprint density at radius 1 is 0.727 bits per heavy atom. The molecule has 7 heteroatoms. The fraction of sp³-hybridized carbons (Fsp3) is 0.231. The van der Waals surface area contributed by atoms with Crippen LogP contribution in [-0.2, 0) is 10.0 Å². The molecule has 3 aromatic rings. The van der Waals surface area contributed by atoms with E-state index in [1.807, 2.05) is 26.0 Å². The van der Waals surface area contributed by atoms with Crippen LogP contribution in [0.5, 0.6) is 0 Å². The molecule has 0 spiro atoms. The number of piperazine rings is 1. The van der Waals surface area contributed by atoms with Crippen molar-refractivity contribution in [3.05, 3.63) is 101 Å². The lowest BCUT2D eigenvalue weighted by atomic mass is 9.97. The van der Waals surface area contributed by atoms with Crippen LogP contribution in [0, 0.1) is 13.8 Å². The quantitative estimate of drug-likeness (QED) is 0.542. The highest BCUT2D eigenvalue weighted by atomic mass is 32.2. The lowest BCUT2D eigenvalue weighted by Gasteiger charge is -2.34. The largest absolute Gasteiger partial charge is 0.336 e. The van der Waals surface area contributed by atoms with E-state index in [-0.39, 0.29) is 42.8 Å². The molecule has 0 N–H and O–H groups in total. The predicted octanol–water partition coefficient (Wildman–Crippen LogP) is 3.68. The lowest BCUT2D eigenvalue weighted by molar-refractivity contribution is 0.0694. The van der Waals surface area contributed by atoms with Crippen LogP contribution >= 0.6 is 0 Å². The topological polar surface area (TPSA) is 74.8 Å². The van der Waals surface area contributed by atoms with Gasteiger partial charge in [0.15, 0.2) is 5.78 Å². The first-order chi connectivity index (χ1) is 15.8. The average molecular weight is 463 g/mol. The predicted molar refractivity (Wildman–Crippen MR) is 127 cm³/mol. The van der Waals surface area contributed by atoms with Gasteiger partial charge in [0.05, 0.1) is 10.5 Å². The number of carbonyl (C=O) groups excluding carboxylic acids is 2. The summed E-state index contributed by atoms with van der Waals surface area (Å²) in [4.78, 5) is 28.1. The van der Waals surface area contributed by atoms with Gasteiger partial charge < -0.3 is 4.90 Å². The Morgan fingerprint density at radius 3 is 1.97 bits per heavy atom. The molecular weight excluding hydrogens is 436 g/mol. The van der Waals surface area contributed by atoms with Crippen LogP contribution in [0.4, 0.5) is 0 Å². The normalized spacial score (nSPS) is 14.8. The molecule has 4 rings (SSSR count). The molecule has 3 aromatic carbocycles. The third kappa shape index (κ3) is 4.60. The second-order valence-electron chi connectivity index (χ2n) is 8.18. The van der Waals surface area contributed by atoms with Gasteiger partial charge in [-0.05, 0) is 43.2 Å². The SMILES string of the molecule is Cc1ccc(S(=O)(=O)N2CCN(C(=O)c3ccccc3C(=O)c3ccccc3)CC2)cc1C. The lowest BCUT2D eigenvalue weighted by Crippen LogP contribution is -2.50. The molecule has 6 nitrogen and oxygen atoms in total. The summed E-state index contributed by atoms with van der Waals surface area (Å²) in [6.07, 6.45) is 0. The second kappa shape index (κ2) is 9.29. The fourth-order valence-corrected chi connectivity index (χ4v) is 5.45. The molecule has 1 saturated heterocycles. The number of benzene rings is 3. The first-order valence-electron chi connectivity index (χ1n) is 10.8. The number of hydrogen-bond donors (Lipinski definition) is 0. The van der Waals surface area contributed by atoms with Crippen LogP contribution in [0.3, 0.4) is 0 Å². The molecule has 0 atom stereocenters. The van der Waals surface area contributed by atoms with Crippen LogP contribution in [0.15, 0.2) is 77.7 Å². The Labute approximate surface area is 194 Å². The highest BCUT2D eigenvalue weighted by Crippen LogP contribution is 2.22. The zero-order chi connectivity index (χ0) is 23.6. The van der Waals surface area contributed by atoms with E-state index in [9.17, 15) is 18.0 Å². The maximum absolute atomic E-state index is 13.3. The molecule has 0 radical (unpaired) electrons. The molecular formula is C26H26N2O4S. The van der Waals surface area contributed by atoms with Crippen LogP contribution in [-0.4, -0.2) is 55.5 Å². The molecule has 0 bridgehead atoms. The Hall–Kier alpha value is -3.29. The number of rotatable bonds is 5. The van der Waals surface area contributed by atoms with Crippen molar-refractivity contribution in [3.8, 4) is 0 Å². The van der Waals surface area contributed by atoms with Gasteiger partial charge in [0.2, 0.25) is 10.0 Å². The van der Waals surface area contributed by atoms with Crippen molar-refractivity contribution < 1.29 is 18.0 Å². The number of sulfonamides is 1. The molecule has 0 aromatic heterocycles. The van der Waals surface area contributed by atoms with Crippen LogP contribution in [0.1, 0.15) is 37.4 Å². The summed E-state index contributed by atoms with van der Waals surface area (Å²) in [5, 5.41) is 0. The summed E-state index contributed by atoms with van der Waals surface area (Å²) >= 11 is 0. The van der Waals surface area contributed by atoms with Gasteiger partial charge in [0.25, 0.3) is 5.91 Å². The molecule has 1 amide bonds. The Morgan fingerprint density at radius 2 is 1.33 bits per heavy atom. The van der Waals surface area contributed by atoms with Gasteiger partial charge in [-0.2, -0.15) is 4.31 Å². The minimum Gasteiger partial charge on any atom is -0.336 e. The number of ketones is 1. The third-order valence-electron chi connectivity index (χ3n) is 6.08. The van der Waals surface area contributed by atoms with Crippen molar-refractivity contribution >= 4 is 21.7 Å². The number of hydrogen-bond acceptors (Lipinski definition) is 4. The van der Waals surface area contributed by atoms with E-state index >= 15 is 0 Å². The molecule has 1 heterocycles. The number of aryl methyl sites for hydroxylation is 2. The Balaban J connectivity index is 1.50. The van der Waals surface area contributed by atoms with Gasteiger partial charge in [0, 0.05) is 37.3 Å². The van der Waals surface area contributed by atoms with Crippen molar-refractivity contribution in [2.24, 2.45) is 0 Å². The van der Waals surface area contributed by atoms with Gasteiger partial charge in [-0.15, -0.1) is 0 Å². The summed E-state index contributed by atoms with van der Waals surface area (Å²) in [5.74, 6) is -0.478. The highest BCUT2D eigenvalue weighted by Gasteiger charge is 2.31. The first-order valence-corrected chi connectivity index (χ1v) is 12.3. The van der Waals surface area contributed by atoms with Crippen LogP contribution < -0.4 is 0 Å². The second-order valence-corrected chi connectivity index (χ2v) is 10.1. The summed E-state index contributed by atoms with van der Waals surface area (Å²) in [7, 11) is -3.63. The summed E-state index contributed by atoms with van der Waals surface area (Å²) in [6.45, 7) is 4.76. The minimum atomic E-state index is -3.63. The van der Waals surface area contributed by atoms with Crippen molar-refractivity contribution in [1.82, 2.24) is 9.21 Å². The maximum Gasteiger partial charge on any atom is 0.254 e. The van der Waals surface area contributed by atoms with Gasteiger partial charge in [0.1, 0.15) is 0 Å². The molecule has 1 aliphatic heterocycles. The van der Waals surface area contributed by atoms with E-state index in [2.05, 4.69) is 0 Å². The van der Waals surface area contributed by atoms with Crippen molar-refractivity contribution in [2.45, 2.75) is 18.7 Å². The fourth-order valence-electron chi connectivity index (χ4n) is 3.94. The first kappa shape index (κ1) is 22.9. The molecule has 33 heavy (non-hydrogen) atoms. The molecule has 1 aliphatic rings. The van der Waals surface area contributed by atoms with E-state index in [0.29, 0.717) is 16.7 Å². The maximum atomic E-state index is 13.3. The molecule has 170 valence electrons. The monoisotopic (exact) mass is 462 g/mol. The van der Waals surface area contributed by atoms with Gasteiger partial charge >= 0.3 is 0 Å². The van der Waals surface area contributed by atoms with E-state index in [4.69, 9.17) is 0 Å². The van der Waals surface area contributed by atoms with Gasteiger partial charge in [-0.3, -0.25) is 9.59 Å². The Bertz CT molecular complexity index is 1290.